The van der Waals surface area contributed by atoms with Crippen LogP contribution in [0.15, 0.2) is 55.1 Å². The van der Waals surface area contributed by atoms with E-state index in [4.69, 9.17) is 0 Å². The van der Waals surface area contributed by atoms with E-state index in [1.54, 1.807) is 0 Å². The molecule has 18 heavy (non-hydrogen) atoms. The number of allylic oxidation sites excluding steroid dienone is 1. The third-order valence-corrected chi connectivity index (χ3v) is 3.87. The molecule has 0 nitrogen and oxygen atoms in total. The number of halogens is 1. The first kappa shape index (κ1) is 11.7. The summed E-state index contributed by atoms with van der Waals surface area (Å²) in [5, 5.41) is 5.16. The minimum absolute atomic E-state index is 1.12. The van der Waals surface area contributed by atoms with Crippen LogP contribution in [0, 0.1) is 3.57 Å². The van der Waals surface area contributed by atoms with Crippen molar-refractivity contribution >= 4 is 49.7 Å². The van der Waals surface area contributed by atoms with Crippen molar-refractivity contribution < 1.29 is 0 Å². The average molecular weight is 344 g/mol. The summed E-state index contributed by atoms with van der Waals surface area (Å²) in [7, 11) is 0. The number of benzene rings is 3. The molecule has 0 aromatic heterocycles. The van der Waals surface area contributed by atoms with E-state index in [1.165, 1.54) is 30.7 Å². The summed E-state index contributed by atoms with van der Waals surface area (Å²) in [5.74, 6) is 0. The smallest absolute Gasteiger partial charge is 0.0142 e. The van der Waals surface area contributed by atoms with E-state index in [2.05, 4.69) is 84.6 Å². The monoisotopic (exact) mass is 344 g/mol. The van der Waals surface area contributed by atoms with E-state index < -0.39 is 0 Å². The minimum atomic E-state index is 1.12. The highest BCUT2D eigenvalue weighted by Gasteiger charge is 2.05. The molecule has 3 aromatic rings. The molecule has 0 bridgehead atoms. The maximum Gasteiger partial charge on any atom is 0.0142 e. The molecule has 0 saturated heterocycles. The molecule has 1 heteroatoms. The van der Waals surface area contributed by atoms with E-state index in [0.29, 0.717) is 0 Å². The van der Waals surface area contributed by atoms with Gasteiger partial charge in [-0.3, -0.25) is 0 Å². The molecular formula is C17H13I. The highest BCUT2D eigenvalue weighted by atomic mass is 127. The van der Waals surface area contributed by atoms with E-state index in [0.717, 1.165) is 5.57 Å². The summed E-state index contributed by atoms with van der Waals surface area (Å²) in [6.07, 6.45) is 0. The first-order valence-corrected chi connectivity index (χ1v) is 7.01. The van der Waals surface area contributed by atoms with Crippen LogP contribution in [-0.2, 0) is 0 Å². The normalized spacial score (nSPS) is 11.0. The Morgan fingerprint density at radius 1 is 0.944 bits per heavy atom. The topological polar surface area (TPSA) is 0 Å². The molecule has 0 saturated carbocycles. The molecule has 3 aromatic carbocycles. The quantitative estimate of drug-likeness (QED) is 0.396. The van der Waals surface area contributed by atoms with Gasteiger partial charge in [-0.1, -0.05) is 36.4 Å². The molecular weight excluding hydrogens is 331 g/mol. The van der Waals surface area contributed by atoms with Crippen LogP contribution >= 0.6 is 22.6 Å². The van der Waals surface area contributed by atoms with Gasteiger partial charge in [0.2, 0.25) is 0 Å². The van der Waals surface area contributed by atoms with Gasteiger partial charge in [0.15, 0.2) is 0 Å². The van der Waals surface area contributed by atoms with Crippen molar-refractivity contribution in [2.75, 3.05) is 0 Å². The van der Waals surface area contributed by atoms with E-state index in [1.807, 2.05) is 0 Å². The van der Waals surface area contributed by atoms with E-state index in [-0.39, 0.29) is 0 Å². The molecule has 0 N–H and O–H groups in total. The summed E-state index contributed by atoms with van der Waals surface area (Å²) in [6, 6.07) is 17.5. The molecule has 0 fully saturated rings. The molecule has 3 rings (SSSR count). The van der Waals surface area contributed by atoms with Crippen LogP contribution in [0.5, 0.6) is 0 Å². The molecule has 88 valence electrons. The lowest BCUT2D eigenvalue weighted by Gasteiger charge is -2.09. The zero-order chi connectivity index (χ0) is 12.7. The average Bonchev–Trinajstić information content (AvgIpc) is 2.35. The van der Waals surface area contributed by atoms with Gasteiger partial charge in [-0.15, -0.1) is 0 Å². The van der Waals surface area contributed by atoms with Crippen LogP contribution in [-0.4, -0.2) is 0 Å². The second kappa shape index (κ2) is 4.39. The van der Waals surface area contributed by atoms with Gasteiger partial charge in [-0.05, 0) is 80.9 Å². The summed E-state index contributed by atoms with van der Waals surface area (Å²) in [5.41, 5.74) is 2.37. The Balaban J connectivity index is 2.49. The standard InChI is InChI=1S/C17H13I/c1-11(2)16-10-15(18)8-14-7-12-5-3-4-6-13(12)9-17(14)16/h3-10H,1H2,2H3. The van der Waals surface area contributed by atoms with Crippen LogP contribution in [0.1, 0.15) is 12.5 Å². The van der Waals surface area contributed by atoms with Crippen molar-refractivity contribution in [3.63, 3.8) is 0 Å². The predicted molar refractivity (Wildman–Crippen MR) is 88.9 cm³/mol. The molecule has 0 unspecified atom stereocenters. The maximum atomic E-state index is 4.09. The molecule has 0 heterocycles. The fourth-order valence-corrected chi connectivity index (χ4v) is 3.02. The van der Waals surface area contributed by atoms with Crippen LogP contribution in [0.4, 0.5) is 0 Å². The van der Waals surface area contributed by atoms with Gasteiger partial charge in [0, 0.05) is 3.57 Å². The first-order chi connectivity index (χ1) is 8.65. The van der Waals surface area contributed by atoms with Gasteiger partial charge >= 0.3 is 0 Å². The number of rotatable bonds is 1. The highest BCUT2D eigenvalue weighted by molar-refractivity contribution is 14.1. The van der Waals surface area contributed by atoms with Crippen LogP contribution < -0.4 is 0 Å². The van der Waals surface area contributed by atoms with Crippen molar-refractivity contribution in [3.05, 3.63) is 64.2 Å². The summed E-state index contributed by atoms with van der Waals surface area (Å²) >= 11 is 2.37. The first-order valence-electron chi connectivity index (χ1n) is 5.93. The van der Waals surface area contributed by atoms with Crippen molar-refractivity contribution in [1.29, 1.82) is 0 Å². The van der Waals surface area contributed by atoms with Crippen LogP contribution in [0.2, 0.25) is 0 Å². The Morgan fingerprint density at radius 3 is 2.28 bits per heavy atom. The Kier molecular flexibility index (Phi) is 2.86. The van der Waals surface area contributed by atoms with Crippen molar-refractivity contribution in [3.8, 4) is 0 Å². The molecule has 0 aliphatic carbocycles. The Labute approximate surface area is 120 Å². The largest absolute Gasteiger partial charge is 0.0955 e. The van der Waals surface area contributed by atoms with Gasteiger partial charge in [-0.25, -0.2) is 0 Å². The van der Waals surface area contributed by atoms with Gasteiger partial charge in [0.1, 0.15) is 0 Å². The Morgan fingerprint density at radius 2 is 1.61 bits per heavy atom. The summed E-state index contributed by atoms with van der Waals surface area (Å²) in [4.78, 5) is 0. The molecule has 0 amide bonds. The van der Waals surface area contributed by atoms with Gasteiger partial charge in [0.05, 0.1) is 0 Å². The maximum absolute atomic E-state index is 4.09. The summed E-state index contributed by atoms with van der Waals surface area (Å²) in [6.45, 7) is 6.16. The number of fused-ring (bicyclic) bond motifs is 2. The fourth-order valence-electron chi connectivity index (χ4n) is 2.37. The third kappa shape index (κ3) is 1.93. The second-order valence-corrected chi connectivity index (χ2v) is 5.90. The lowest BCUT2D eigenvalue weighted by Crippen LogP contribution is -1.86. The third-order valence-electron chi connectivity index (χ3n) is 3.24. The van der Waals surface area contributed by atoms with Crippen molar-refractivity contribution in [2.24, 2.45) is 0 Å². The van der Waals surface area contributed by atoms with Gasteiger partial charge in [0.25, 0.3) is 0 Å². The molecule has 0 aliphatic heterocycles. The highest BCUT2D eigenvalue weighted by Crippen LogP contribution is 2.30. The SMILES string of the molecule is C=C(C)c1cc(I)cc2cc3ccccc3cc12. The molecule has 0 radical (unpaired) electrons. The van der Waals surface area contributed by atoms with Crippen molar-refractivity contribution in [2.45, 2.75) is 6.92 Å². The lowest BCUT2D eigenvalue weighted by molar-refractivity contribution is 1.61. The summed E-state index contributed by atoms with van der Waals surface area (Å²) < 4.78 is 1.26. The zero-order valence-corrected chi connectivity index (χ0v) is 12.4. The van der Waals surface area contributed by atoms with Gasteiger partial charge in [-0.2, -0.15) is 0 Å². The lowest BCUT2D eigenvalue weighted by atomic mass is 9.97. The molecule has 0 spiro atoms. The van der Waals surface area contributed by atoms with Gasteiger partial charge < -0.3 is 0 Å². The predicted octanol–water partition coefficient (Wildman–Crippen LogP) is 5.63. The Bertz CT molecular complexity index is 769. The fraction of sp³-hybridized carbons (Fsp3) is 0.0588. The minimum Gasteiger partial charge on any atom is -0.0955 e. The van der Waals surface area contributed by atoms with Crippen LogP contribution in [0.25, 0.3) is 27.1 Å². The van der Waals surface area contributed by atoms with Crippen molar-refractivity contribution in [1.82, 2.24) is 0 Å². The molecule has 0 aliphatic rings. The molecule has 0 atom stereocenters. The zero-order valence-electron chi connectivity index (χ0n) is 10.2. The number of hydrogen-bond donors (Lipinski definition) is 0. The van der Waals surface area contributed by atoms with E-state index >= 15 is 0 Å². The Hall–Kier alpha value is -1.35. The van der Waals surface area contributed by atoms with Crippen LogP contribution in [0.3, 0.4) is 0 Å². The van der Waals surface area contributed by atoms with E-state index in [9.17, 15) is 0 Å². The number of hydrogen-bond acceptors (Lipinski definition) is 0. The second-order valence-electron chi connectivity index (χ2n) is 4.65.